The Bertz CT molecular complexity index is 1030. The van der Waals surface area contributed by atoms with Gasteiger partial charge < -0.3 is 19.5 Å². The Kier molecular flexibility index (Phi) is 7.33. The third-order valence-electron chi connectivity index (χ3n) is 4.87. The van der Waals surface area contributed by atoms with Crippen molar-refractivity contribution in [3.63, 3.8) is 0 Å². The predicted octanol–water partition coefficient (Wildman–Crippen LogP) is 5.55. The van der Waals surface area contributed by atoms with Crippen molar-refractivity contribution in [2.75, 3.05) is 19.5 Å². The van der Waals surface area contributed by atoms with Crippen LogP contribution in [0.4, 0.5) is 5.69 Å². The zero-order valence-corrected chi connectivity index (χ0v) is 18.3. The standard InChI is InChI=1S/C26H27NO4/c1-18-9-8-10-19(2)25(18)27-24(28)14-13-21-15-22(29-3)26(23(16-21)30-4)31-17-20-11-6-5-7-12-20/h5-16H,17H2,1-4H3,(H,27,28). The van der Waals surface area contributed by atoms with Crippen LogP contribution < -0.4 is 19.5 Å². The third-order valence-corrected chi connectivity index (χ3v) is 4.87. The monoisotopic (exact) mass is 417 g/mol. The van der Waals surface area contributed by atoms with Crippen molar-refractivity contribution in [2.24, 2.45) is 0 Å². The van der Waals surface area contributed by atoms with Crippen molar-refractivity contribution in [1.29, 1.82) is 0 Å². The number of ether oxygens (including phenoxy) is 3. The molecular formula is C26H27NO4. The summed E-state index contributed by atoms with van der Waals surface area (Å²) >= 11 is 0. The van der Waals surface area contributed by atoms with Crippen LogP contribution in [0.25, 0.3) is 6.08 Å². The first-order valence-electron chi connectivity index (χ1n) is 10.00. The normalized spacial score (nSPS) is 10.7. The maximum absolute atomic E-state index is 12.4. The highest BCUT2D eigenvalue weighted by atomic mass is 16.5. The maximum Gasteiger partial charge on any atom is 0.248 e. The van der Waals surface area contributed by atoms with Gasteiger partial charge in [0, 0.05) is 11.8 Å². The number of aryl methyl sites for hydroxylation is 2. The highest BCUT2D eigenvalue weighted by Gasteiger charge is 2.14. The van der Waals surface area contributed by atoms with Crippen LogP contribution in [0.1, 0.15) is 22.3 Å². The molecule has 1 N–H and O–H groups in total. The molecule has 0 atom stereocenters. The van der Waals surface area contributed by atoms with Gasteiger partial charge in [-0.2, -0.15) is 0 Å². The summed E-state index contributed by atoms with van der Waals surface area (Å²) in [6.07, 6.45) is 3.21. The molecule has 31 heavy (non-hydrogen) atoms. The Morgan fingerprint density at radius 2 is 1.52 bits per heavy atom. The van der Waals surface area contributed by atoms with E-state index >= 15 is 0 Å². The highest BCUT2D eigenvalue weighted by molar-refractivity contribution is 6.02. The van der Waals surface area contributed by atoms with E-state index in [0.717, 1.165) is 27.9 Å². The molecule has 160 valence electrons. The molecule has 0 heterocycles. The van der Waals surface area contributed by atoms with Crippen molar-refractivity contribution in [2.45, 2.75) is 20.5 Å². The average molecular weight is 418 g/mol. The lowest BCUT2D eigenvalue weighted by Gasteiger charge is -2.15. The zero-order chi connectivity index (χ0) is 22.2. The van der Waals surface area contributed by atoms with Gasteiger partial charge in [0.25, 0.3) is 0 Å². The lowest BCUT2D eigenvalue weighted by Crippen LogP contribution is -2.10. The Balaban J connectivity index is 1.77. The number of benzene rings is 3. The number of rotatable bonds is 8. The summed E-state index contributed by atoms with van der Waals surface area (Å²) in [5.74, 6) is 1.38. The Hall–Kier alpha value is -3.73. The summed E-state index contributed by atoms with van der Waals surface area (Å²) in [6, 6.07) is 19.4. The quantitative estimate of drug-likeness (QED) is 0.488. The molecule has 0 aromatic heterocycles. The SMILES string of the molecule is COc1cc(C=CC(=O)Nc2c(C)cccc2C)cc(OC)c1OCc1ccccc1. The van der Waals surface area contributed by atoms with E-state index in [-0.39, 0.29) is 5.91 Å². The van der Waals surface area contributed by atoms with Crippen LogP contribution in [0, 0.1) is 13.8 Å². The first-order valence-corrected chi connectivity index (χ1v) is 10.00. The maximum atomic E-state index is 12.4. The number of anilines is 1. The number of para-hydroxylation sites is 1. The Labute approximate surface area is 183 Å². The number of amides is 1. The fourth-order valence-electron chi connectivity index (χ4n) is 3.22. The van der Waals surface area contributed by atoms with Gasteiger partial charge in [-0.3, -0.25) is 4.79 Å². The fourth-order valence-corrected chi connectivity index (χ4v) is 3.22. The van der Waals surface area contributed by atoms with Gasteiger partial charge in [-0.05, 0) is 54.3 Å². The predicted molar refractivity (Wildman–Crippen MR) is 124 cm³/mol. The summed E-state index contributed by atoms with van der Waals surface area (Å²) in [6.45, 7) is 4.33. The molecule has 0 aliphatic rings. The molecule has 0 radical (unpaired) electrons. The molecule has 0 fully saturated rings. The second-order valence-corrected chi connectivity index (χ2v) is 7.12. The second kappa shape index (κ2) is 10.3. The summed E-state index contributed by atoms with van der Waals surface area (Å²) in [4.78, 5) is 12.4. The smallest absolute Gasteiger partial charge is 0.248 e. The number of hydrogen-bond donors (Lipinski definition) is 1. The van der Waals surface area contributed by atoms with E-state index in [1.54, 1.807) is 20.3 Å². The molecule has 0 unspecified atom stereocenters. The summed E-state index contributed by atoms with van der Waals surface area (Å²) in [5, 5.41) is 2.94. The van der Waals surface area contributed by atoms with Gasteiger partial charge in [0.1, 0.15) is 6.61 Å². The van der Waals surface area contributed by atoms with E-state index in [4.69, 9.17) is 14.2 Å². The Morgan fingerprint density at radius 1 is 0.903 bits per heavy atom. The van der Waals surface area contributed by atoms with Crippen molar-refractivity contribution < 1.29 is 19.0 Å². The lowest BCUT2D eigenvalue weighted by atomic mass is 10.1. The van der Waals surface area contributed by atoms with Crippen molar-refractivity contribution in [3.05, 3.63) is 89.0 Å². The molecule has 0 spiro atoms. The van der Waals surface area contributed by atoms with Gasteiger partial charge in [-0.15, -0.1) is 0 Å². The minimum atomic E-state index is -0.209. The molecule has 0 bridgehead atoms. The number of methoxy groups -OCH3 is 2. The third kappa shape index (κ3) is 5.66. The molecule has 0 saturated heterocycles. The molecule has 0 aliphatic heterocycles. The molecule has 0 aliphatic carbocycles. The van der Waals surface area contributed by atoms with Crippen LogP contribution in [0.15, 0.2) is 66.7 Å². The van der Waals surface area contributed by atoms with Gasteiger partial charge in [0.05, 0.1) is 14.2 Å². The minimum Gasteiger partial charge on any atom is -0.493 e. The van der Waals surface area contributed by atoms with Crippen LogP contribution in [-0.4, -0.2) is 20.1 Å². The van der Waals surface area contributed by atoms with E-state index in [1.807, 2.05) is 74.5 Å². The fraction of sp³-hybridized carbons (Fsp3) is 0.192. The van der Waals surface area contributed by atoms with Crippen LogP contribution in [0.5, 0.6) is 17.2 Å². The zero-order valence-electron chi connectivity index (χ0n) is 18.3. The molecule has 5 heteroatoms. The van der Waals surface area contributed by atoms with Gasteiger partial charge in [0.15, 0.2) is 11.5 Å². The molecule has 5 nitrogen and oxygen atoms in total. The molecule has 1 amide bonds. The van der Waals surface area contributed by atoms with E-state index in [0.29, 0.717) is 23.9 Å². The van der Waals surface area contributed by atoms with Gasteiger partial charge in [0.2, 0.25) is 11.7 Å². The van der Waals surface area contributed by atoms with E-state index in [9.17, 15) is 4.79 Å². The topological polar surface area (TPSA) is 56.8 Å². The van der Waals surface area contributed by atoms with Gasteiger partial charge in [-0.1, -0.05) is 48.5 Å². The van der Waals surface area contributed by atoms with Crippen LogP contribution in [-0.2, 0) is 11.4 Å². The van der Waals surface area contributed by atoms with Crippen molar-refractivity contribution in [3.8, 4) is 17.2 Å². The molecule has 0 saturated carbocycles. The van der Waals surface area contributed by atoms with E-state index < -0.39 is 0 Å². The molecule has 3 aromatic rings. The molecular weight excluding hydrogens is 390 g/mol. The van der Waals surface area contributed by atoms with Crippen LogP contribution >= 0.6 is 0 Å². The number of hydrogen-bond acceptors (Lipinski definition) is 4. The number of carbonyl (C=O) groups excluding carboxylic acids is 1. The largest absolute Gasteiger partial charge is 0.493 e. The average Bonchev–Trinajstić information content (AvgIpc) is 2.79. The summed E-state index contributed by atoms with van der Waals surface area (Å²) in [5.41, 5.74) is 4.67. The lowest BCUT2D eigenvalue weighted by molar-refractivity contribution is -0.111. The van der Waals surface area contributed by atoms with E-state index in [1.165, 1.54) is 6.08 Å². The first-order chi connectivity index (χ1) is 15.0. The van der Waals surface area contributed by atoms with E-state index in [2.05, 4.69) is 5.32 Å². The number of carbonyl (C=O) groups is 1. The first kappa shape index (κ1) is 22.0. The van der Waals surface area contributed by atoms with Gasteiger partial charge >= 0.3 is 0 Å². The molecule has 3 aromatic carbocycles. The van der Waals surface area contributed by atoms with Crippen LogP contribution in [0.3, 0.4) is 0 Å². The van der Waals surface area contributed by atoms with Crippen molar-refractivity contribution in [1.82, 2.24) is 0 Å². The highest BCUT2D eigenvalue weighted by Crippen LogP contribution is 2.39. The molecule has 3 rings (SSSR count). The van der Waals surface area contributed by atoms with Gasteiger partial charge in [-0.25, -0.2) is 0 Å². The minimum absolute atomic E-state index is 0.209. The second-order valence-electron chi connectivity index (χ2n) is 7.12. The van der Waals surface area contributed by atoms with Crippen LogP contribution in [0.2, 0.25) is 0 Å². The Morgan fingerprint density at radius 3 is 2.10 bits per heavy atom. The summed E-state index contributed by atoms with van der Waals surface area (Å²) in [7, 11) is 3.15. The number of nitrogens with one attached hydrogen (secondary N) is 1. The summed E-state index contributed by atoms with van der Waals surface area (Å²) < 4.78 is 17.0. The van der Waals surface area contributed by atoms with Crippen molar-refractivity contribution >= 4 is 17.7 Å².